The lowest BCUT2D eigenvalue weighted by Crippen LogP contribution is -2.49. The second-order valence-corrected chi connectivity index (χ2v) is 12.9. The fourth-order valence-electron chi connectivity index (χ4n) is 6.51. The highest BCUT2D eigenvalue weighted by molar-refractivity contribution is 6.34. The van der Waals surface area contributed by atoms with Crippen LogP contribution in [0, 0.1) is 11.8 Å². The van der Waals surface area contributed by atoms with Crippen molar-refractivity contribution < 1.29 is 41.4 Å². The minimum atomic E-state index is -4.95. The van der Waals surface area contributed by atoms with E-state index in [0.717, 1.165) is 17.0 Å². The lowest BCUT2D eigenvalue weighted by atomic mass is 10.1. The van der Waals surface area contributed by atoms with Crippen LogP contribution in [-0.2, 0) is 13.2 Å². The molecule has 2 saturated carbocycles. The summed E-state index contributed by atoms with van der Waals surface area (Å²) in [5, 5.41) is 24.5. The average molecular weight is 698 g/mol. The van der Waals surface area contributed by atoms with Gasteiger partial charge < -0.3 is 35.8 Å². The van der Waals surface area contributed by atoms with Crippen molar-refractivity contribution in [2.24, 2.45) is 18.9 Å². The summed E-state index contributed by atoms with van der Waals surface area (Å²) in [5.41, 5.74) is -1.66. The van der Waals surface area contributed by atoms with Crippen LogP contribution in [0.15, 0.2) is 30.6 Å². The first-order chi connectivity index (χ1) is 22.6. The molecule has 48 heavy (non-hydrogen) atoms. The van der Waals surface area contributed by atoms with Gasteiger partial charge in [0.1, 0.15) is 6.04 Å². The summed E-state index contributed by atoms with van der Waals surface area (Å²) in [5.74, 6) is -4.38. The minimum Gasteiger partial charge on any atom is -0.390 e. The predicted octanol–water partition coefficient (Wildman–Crippen LogP) is 2.49. The molecule has 4 amide bonds. The van der Waals surface area contributed by atoms with E-state index in [1.165, 1.54) is 25.2 Å². The molecule has 4 aliphatic rings. The number of nitrogens with zero attached hydrogens (tertiary/aromatic N) is 5. The van der Waals surface area contributed by atoms with Crippen molar-refractivity contribution in [2.45, 2.75) is 42.7 Å². The van der Waals surface area contributed by atoms with Crippen molar-refractivity contribution in [1.82, 2.24) is 40.2 Å². The van der Waals surface area contributed by atoms with Gasteiger partial charge in [0, 0.05) is 69.4 Å². The van der Waals surface area contributed by atoms with E-state index in [2.05, 4.69) is 31.3 Å². The predicted molar refractivity (Wildman–Crippen MR) is 158 cm³/mol. The zero-order valence-corrected chi connectivity index (χ0v) is 25.8. The van der Waals surface area contributed by atoms with Crippen LogP contribution >= 0.6 is 11.6 Å². The number of imidazole rings is 1. The number of aliphatic hydroxyl groups excluding tert-OH is 1. The Balaban J connectivity index is 0.974. The second-order valence-electron chi connectivity index (χ2n) is 12.5. The van der Waals surface area contributed by atoms with E-state index in [4.69, 9.17) is 11.6 Å². The summed E-state index contributed by atoms with van der Waals surface area (Å²) in [7, 11) is 1.31. The third kappa shape index (κ3) is 5.85. The number of rotatable bonds is 7. The lowest BCUT2D eigenvalue weighted by Gasteiger charge is -2.22. The highest BCUT2D eigenvalue weighted by atomic mass is 35.5. The Hall–Kier alpha value is -4.29. The third-order valence-corrected chi connectivity index (χ3v) is 9.63. The number of carbonyl (C=O) groups is 3. The van der Waals surface area contributed by atoms with Gasteiger partial charge in [-0.1, -0.05) is 11.6 Å². The first kappa shape index (κ1) is 32.3. The van der Waals surface area contributed by atoms with Crippen LogP contribution in [0.2, 0.25) is 5.02 Å². The van der Waals surface area contributed by atoms with Crippen molar-refractivity contribution in [3.63, 3.8) is 0 Å². The number of benzene rings is 1. The molecule has 3 aromatic rings. The molecular formula is C29H29ClF5N9O4. The van der Waals surface area contributed by atoms with Crippen molar-refractivity contribution >= 4 is 35.1 Å². The van der Waals surface area contributed by atoms with Crippen molar-refractivity contribution in [3.8, 4) is 11.3 Å². The number of carbonyl (C=O) groups excluding carboxylic acids is 3. The molecule has 5 N–H and O–H groups in total. The van der Waals surface area contributed by atoms with Gasteiger partial charge in [0.05, 0.1) is 40.2 Å². The fourth-order valence-corrected chi connectivity index (χ4v) is 6.77. The number of amides is 4. The Morgan fingerprint density at radius 2 is 1.83 bits per heavy atom. The maximum atomic E-state index is 13.8. The van der Waals surface area contributed by atoms with Crippen LogP contribution in [0.4, 0.5) is 32.4 Å². The number of fused-ring (bicyclic) bond motifs is 1. The smallest absolute Gasteiger partial charge is 0.390 e. The molecule has 2 aromatic heterocycles. The molecule has 19 heteroatoms. The van der Waals surface area contributed by atoms with Crippen LogP contribution in [0.3, 0.4) is 0 Å². The Morgan fingerprint density at radius 1 is 1.12 bits per heavy atom. The topological polar surface area (TPSA) is 158 Å². The van der Waals surface area contributed by atoms with Crippen molar-refractivity contribution in [2.75, 3.05) is 31.5 Å². The van der Waals surface area contributed by atoms with Crippen LogP contribution in [-0.4, -0.2) is 97.5 Å². The summed E-state index contributed by atoms with van der Waals surface area (Å²) >= 11 is 6.42. The lowest BCUT2D eigenvalue weighted by molar-refractivity contribution is -0.141. The monoisotopic (exact) mass is 697 g/mol. The van der Waals surface area contributed by atoms with E-state index in [1.807, 2.05) is 0 Å². The van der Waals surface area contributed by atoms with Gasteiger partial charge in [-0.25, -0.2) is 18.6 Å². The number of nitrogens with one attached hydrogen (secondary N) is 4. The molecule has 1 aromatic carbocycles. The maximum absolute atomic E-state index is 13.8. The number of anilines is 1. The van der Waals surface area contributed by atoms with Gasteiger partial charge in [0.15, 0.2) is 11.5 Å². The average Bonchev–Trinajstić information content (AvgIpc) is 3.46. The zero-order valence-electron chi connectivity index (χ0n) is 25.1. The quantitative estimate of drug-likeness (QED) is 0.238. The highest BCUT2D eigenvalue weighted by Gasteiger charge is 2.60. The molecule has 2 aliphatic heterocycles. The standard InChI is InChI=1S/C29H29ClF5N9O4/c1-42-19(16-11-44(21-5-28(21,31)32)41-23(16)29(33,34)35)7-37-24(42)25(46)38-12-2-3-13(17(30)4-12)26(47)43-9-14-15(10-43)22(14)40-27(48)39-18-6-36-8-20(18)45/h2-4,7,11,14-15,18,20-22,36,45H,5-6,8-10H2,1H3,(H,38,46)(H2,39,40,48)/t14?,15?,18-,20-,21?,22?/m1/s1. The normalized spacial score (nSPS) is 27.0. The first-order valence-electron chi connectivity index (χ1n) is 15.0. The van der Waals surface area contributed by atoms with Crippen molar-refractivity contribution in [1.29, 1.82) is 0 Å². The molecule has 0 bridgehead atoms. The number of urea groups is 1. The second kappa shape index (κ2) is 11.4. The highest BCUT2D eigenvalue weighted by Crippen LogP contribution is 2.53. The van der Waals surface area contributed by atoms with E-state index in [0.29, 0.717) is 30.9 Å². The molecule has 2 saturated heterocycles. The molecule has 5 atom stereocenters. The Labute approximate surface area is 273 Å². The summed E-state index contributed by atoms with van der Waals surface area (Å²) < 4.78 is 70.1. The van der Waals surface area contributed by atoms with Gasteiger partial charge >= 0.3 is 12.2 Å². The number of aromatic nitrogens is 4. The largest absolute Gasteiger partial charge is 0.435 e. The Morgan fingerprint density at radius 3 is 2.44 bits per heavy atom. The van der Waals surface area contributed by atoms with Gasteiger partial charge in [-0.15, -0.1) is 0 Å². The van der Waals surface area contributed by atoms with Gasteiger partial charge in [-0.3, -0.25) is 14.3 Å². The van der Waals surface area contributed by atoms with Crippen LogP contribution in [0.5, 0.6) is 0 Å². The summed E-state index contributed by atoms with van der Waals surface area (Å²) in [6.45, 7) is 1.72. The van der Waals surface area contributed by atoms with Crippen LogP contribution < -0.4 is 21.3 Å². The minimum absolute atomic E-state index is 0.0517. The number of hydrogen-bond acceptors (Lipinski definition) is 7. The molecule has 2 aliphatic carbocycles. The van der Waals surface area contributed by atoms with Gasteiger partial charge in [0.25, 0.3) is 17.7 Å². The molecule has 7 rings (SSSR count). The van der Waals surface area contributed by atoms with Crippen molar-refractivity contribution in [3.05, 3.63) is 52.7 Å². The third-order valence-electron chi connectivity index (χ3n) is 9.31. The molecule has 256 valence electrons. The Bertz CT molecular complexity index is 1800. The van der Waals surface area contributed by atoms with Crippen LogP contribution in [0.1, 0.15) is 39.1 Å². The number of likely N-dealkylation sites (tertiary alicyclic amines) is 1. The SMILES string of the molecule is Cn1c(-c2cn(C3CC3(F)F)nc2C(F)(F)F)cnc1C(=O)Nc1ccc(C(=O)N2CC3C(C2)C3NC(=O)N[C@@H]2CNC[C@H]2O)c(Cl)c1. The molecule has 13 nitrogen and oxygen atoms in total. The van der Waals surface area contributed by atoms with E-state index in [9.17, 15) is 41.4 Å². The molecule has 0 spiro atoms. The van der Waals surface area contributed by atoms with E-state index < -0.39 is 47.8 Å². The number of halogens is 6. The van der Waals surface area contributed by atoms with Crippen LogP contribution in [0.25, 0.3) is 11.3 Å². The molecule has 3 unspecified atom stereocenters. The van der Waals surface area contributed by atoms with Gasteiger partial charge in [-0.05, 0) is 18.2 Å². The molecule has 0 radical (unpaired) electrons. The Kier molecular flexibility index (Phi) is 7.67. The zero-order chi connectivity index (χ0) is 34.3. The van der Waals surface area contributed by atoms with Gasteiger partial charge in [0.2, 0.25) is 0 Å². The number of hydrogen-bond donors (Lipinski definition) is 5. The molecule has 4 heterocycles. The van der Waals surface area contributed by atoms with E-state index in [-0.39, 0.29) is 63.6 Å². The number of piperidine rings is 1. The summed E-state index contributed by atoms with van der Waals surface area (Å²) in [6.07, 6.45) is -4.33. The van der Waals surface area contributed by atoms with E-state index in [1.54, 1.807) is 4.90 Å². The van der Waals surface area contributed by atoms with Gasteiger partial charge in [-0.2, -0.15) is 18.3 Å². The summed E-state index contributed by atoms with van der Waals surface area (Å²) in [6, 6.07) is 1.94. The molecular weight excluding hydrogens is 669 g/mol. The number of alkyl halides is 5. The summed E-state index contributed by atoms with van der Waals surface area (Å²) in [4.78, 5) is 44.2. The molecule has 4 fully saturated rings. The fraction of sp³-hybridized carbons (Fsp3) is 0.483. The number of β-amino-alcohol motifs (C(OH)–C–C–N with tert-alkyl or cyclic N) is 1. The van der Waals surface area contributed by atoms with E-state index >= 15 is 0 Å². The first-order valence-corrected chi connectivity index (χ1v) is 15.4. The maximum Gasteiger partial charge on any atom is 0.435 e. The number of aliphatic hydroxyl groups is 1.